The van der Waals surface area contributed by atoms with Crippen LogP contribution in [0.25, 0.3) is 0 Å². The van der Waals surface area contributed by atoms with E-state index in [0.717, 1.165) is 25.7 Å². The van der Waals surface area contributed by atoms with Gasteiger partial charge in [-0.3, -0.25) is 10.1 Å². The van der Waals surface area contributed by atoms with Gasteiger partial charge >= 0.3 is 17.8 Å². The Morgan fingerprint density at radius 3 is 2.45 bits per heavy atom. The van der Waals surface area contributed by atoms with Crippen LogP contribution in [0.4, 0.5) is 5.69 Å². The molecule has 0 saturated carbocycles. The van der Waals surface area contributed by atoms with Crippen LogP contribution in [0.5, 0.6) is 5.75 Å². The van der Waals surface area contributed by atoms with E-state index in [1.54, 1.807) is 12.1 Å². The molecule has 10 nitrogen and oxygen atoms in total. The van der Waals surface area contributed by atoms with Crippen molar-refractivity contribution in [3.63, 3.8) is 0 Å². The third-order valence-electron chi connectivity index (χ3n) is 5.73. The van der Waals surface area contributed by atoms with Crippen LogP contribution in [0.2, 0.25) is 0 Å². The number of rotatable bonds is 10. The largest absolute Gasteiger partial charge is 0.494 e. The van der Waals surface area contributed by atoms with E-state index < -0.39 is 28.9 Å². The molecule has 10 heteroatoms. The number of esters is 2. The lowest BCUT2D eigenvalue weighted by Gasteiger charge is -2.48. The first-order valence-electron chi connectivity index (χ1n) is 10.5. The number of likely N-dealkylation sites (tertiary alicyclic amines) is 1. The summed E-state index contributed by atoms with van der Waals surface area (Å²) in [5.41, 5.74) is -0.00551. The predicted octanol–water partition coefficient (Wildman–Crippen LogP) is 2.64. The first kappa shape index (κ1) is 23.0. The highest BCUT2D eigenvalue weighted by Crippen LogP contribution is 2.41. The number of unbranched alkanes of at least 4 members (excludes halogenated alkanes) is 2. The first-order valence-corrected chi connectivity index (χ1v) is 10.5. The second kappa shape index (κ2) is 10.1. The molecule has 2 atom stereocenters. The number of nitro benzene ring substituents is 1. The number of carbonyl (C=O) groups excluding carboxylic acids is 2. The minimum Gasteiger partial charge on any atom is -0.494 e. The normalized spacial score (nSPS) is 22.9. The minimum atomic E-state index is -1.55. The lowest BCUT2D eigenvalue weighted by Crippen LogP contribution is -2.65. The molecular formula is C21H28N2O8. The molecular weight excluding hydrogens is 408 g/mol. The third kappa shape index (κ3) is 4.96. The van der Waals surface area contributed by atoms with Crippen molar-refractivity contribution in [2.45, 2.75) is 51.0 Å². The van der Waals surface area contributed by atoms with E-state index in [0.29, 0.717) is 31.9 Å². The first-order chi connectivity index (χ1) is 14.9. The van der Waals surface area contributed by atoms with Crippen molar-refractivity contribution >= 4 is 17.6 Å². The molecule has 1 spiro atoms. The van der Waals surface area contributed by atoms with Crippen LogP contribution in [0.3, 0.4) is 0 Å². The van der Waals surface area contributed by atoms with E-state index in [2.05, 4.69) is 6.92 Å². The summed E-state index contributed by atoms with van der Waals surface area (Å²) >= 11 is 0. The van der Waals surface area contributed by atoms with Gasteiger partial charge in [-0.15, -0.1) is 0 Å². The average molecular weight is 436 g/mol. The quantitative estimate of drug-likeness (QED) is 0.179. The van der Waals surface area contributed by atoms with Gasteiger partial charge in [0.05, 0.1) is 11.5 Å². The van der Waals surface area contributed by atoms with Crippen molar-refractivity contribution in [1.29, 1.82) is 0 Å². The molecule has 0 N–H and O–H groups in total. The highest BCUT2D eigenvalue weighted by molar-refractivity contribution is 6.31. The summed E-state index contributed by atoms with van der Waals surface area (Å²) in [5.74, 6) is -3.13. The summed E-state index contributed by atoms with van der Waals surface area (Å²) in [4.78, 5) is 36.0. The second-order valence-corrected chi connectivity index (χ2v) is 7.70. The molecule has 2 heterocycles. The third-order valence-corrected chi connectivity index (χ3v) is 5.73. The zero-order chi connectivity index (χ0) is 22.4. The summed E-state index contributed by atoms with van der Waals surface area (Å²) in [6, 6.07) is 5.86. The Bertz CT molecular complexity index is 781. The predicted molar refractivity (Wildman–Crippen MR) is 108 cm³/mol. The molecule has 2 saturated heterocycles. The van der Waals surface area contributed by atoms with Gasteiger partial charge in [-0.2, -0.15) is 0 Å². The van der Waals surface area contributed by atoms with Crippen molar-refractivity contribution in [3.8, 4) is 5.75 Å². The summed E-state index contributed by atoms with van der Waals surface area (Å²) in [5, 5.41) is 10.8. The maximum atomic E-state index is 11.9. The Kier molecular flexibility index (Phi) is 7.45. The van der Waals surface area contributed by atoms with Gasteiger partial charge in [0.15, 0.2) is 6.10 Å². The number of piperidine rings is 1. The molecule has 0 radical (unpaired) electrons. The molecule has 3 rings (SSSR count). The standard InChI is InChI=1S/C21H28N2O8/c1-3-4-5-12-22-13-10-15(18(28-2)21(22)30-19(24)20(25)31-21)11-14-29-17-8-6-16(7-9-17)23(26)27/h6-9,15,18H,3-5,10-14H2,1-2H3. The Labute approximate surface area is 180 Å². The summed E-state index contributed by atoms with van der Waals surface area (Å²) < 4.78 is 22.4. The summed E-state index contributed by atoms with van der Waals surface area (Å²) in [6.07, 6.45) is 3.60. The number of benzene rings is 1. The number of hydrogen-bond acceptors (Lipinski definition) is 9. The van der Waals surface area contributed by atoms with Gasteiger partial charge in [0.1, 0.15) is 5.75 Å². The van der Waals surface area contributed by atoms with Crippen molar-refractivity contribution in [2.75, 3.05) is 26.8 Å². The van der Waals surface area contributed by atoms with Crippen LogP contribution in [-0.2, 0) is 23.8 Å². The average Bonchev–Trinajstić information content (AvgIpc) is 3.04. The topological polar surface area (TPSA) is 117 Å². The van der Waals surface area contributed by atoms with Crippen LogP contribution in [0.1, 0.15) is 39.0 Å². The zero-order valence-electron chi connectivity index (χ0n) is 17.8. The van der Waals surface area contributed by atoms with Crippen molar-refractivity contribution < 1.29 is 33.5 Å². The Hall–Kier alpha value is -2.72. The molecule has 1 aromatic rings. The molecule has 2 unspecified atom stereocenters. The number of nitrogens with zero attached hydrogens (tertiary/aromatic N) is 2. The monoisotopic (exact) mass is 436 g/mol. The van der Waals surface area contributed by atoms with Crippen LogP contribution in [-0.4, -0.2) is 60.6 Å². The molecule has 1 aromatic carbocycles. The number of carbonyl (C=O) groups is 2. The molecule has 0 amide bonds. The Morgan fingerprint density at radius 2 is 1.87 bits per heavy atom. The maximum Gasteiger partial charge on any atom is 0.422 e. The van der Waals surface area contributed by atoms with Crippen LogP contribution >= 0.6 is 0 Å². The SMILES string of the molecule is CCCCCN1CCC(CCOc2ccc([N+](=O)[O-])cc2)C(OC)C12OC(=O)C(=O)O2. The van der Waals surface area contributed by atoms with Crippen LogP contribution < -0.4 is 4.74 Å². The molecule has 2 aliphatic rings. The molecule has 0 bridgehead atoms. The van der Waals surface area contributed by atoms with Gasteiger partial charge in [0, 0.05) is 32.3 Å². The van der Waals surface area contributed by atoms with E-state index in [4.69, 9.17) is 18.9 Å². The zero-order valence-corrected chi connectivity index (χ0v) is 17.8. The van der Waals surface area contributed by atoms with Crippen molar-refractivity contribution in [2.24, 2.45) is 5.92 Å². The van der Waals surface area contributed by atoms with Gasteiger partial charge in [-0.1, -0.05) is 19.8 Å². The molecule has 0 aliphatic carbocycles. The van der Waals surface area contributed by atoms with Gasteiger partial charge in [0.2, 0.25) is 0 Å². The number of methoxy groups -OCH3 is 1. The molecule has 2 aliphatic heterocycles. The second-order valence-electron chi connectivity index (χ2n) is 7.70. The van der Waals surface area contributed by atoms with Crippen molar-refractivity contribution in [3.05, 3.63) is 34.4 Å². The number of nitro groups is 1. The van der Waals surface area contributed by atoms with E-state index in [1.165, 1.54) is 19.2 Å². The van der Waals surface area contributed by atoms with E-state index >= 15 is 0 Å². The van der Waals surface area contributed by atoms with Crippen molar-refractivity contribution in [1.82, 2.24) is 4.90 Å². The van der Waals surface area contributed by atoms with E-state index in [-0.39, 0.29) is 11.6 Å². The highest BCUT2D eigenvalue weighted by atomic mass is 16.8. The fraction of sp³-hybridized carbons (Fsp3) is 0.619. The van der Waals surface area contributed by atoms with Gasteiger partial charge in [0.25, 0.3) is 5.69 Å². The minimum absolute atomic E-state index is 0.00551. The fourth-order valence-electron chi connectivity index (χ4n) is 4.17. The lowest BCUT2D eigenvalue weighted by atomic mass is 9.87. The maximum absolute atomic E-state index is 11.9. The smallest absolute Gasteiger partial charge is 0.422 e. The molecule has 2 fully saturated rings. The van der Waals surface area contributed by atoms with Crippen LogP contribution in [0, 0.1) is 16.0 Å². The van der Waals surface area contributed by atoms with Crippen LogP contribution in [0.15, 0.2) is 24.3 Å². The molecule has 31 heavy (non-hydrogen) atoms. The number of hydrogen-bond donors (Lipinski definition) is 0. The van der Waals surface area contributed by atoms with Gasteiger partial charge in [-0.05, 0) is 37.3 Å². The van der Waals surface area contributed by atoms with Gasteiger partial charge < -0.3 is 18.9 Å². The fourth-order valence-corrected chi connectivity index (χ4v) is 4.17. The Balaban J connectivity index is 1.66. The van der Waals surface area contributed by atoms with E-state index in [1.807, 2.05) is 4.90 Å². The molecule has 0 aromatic heterocycles. The van der Waals surface area contributed by atoms with E-state index in [9.17, 15) is 19.7 Å². The Morgan fingerprint density at radius 1 is 1.19 bits per heavy atom. The lowest BCUT2D eigenvalue weighted by molar-refractivity contribution is -0.384. The number of ether oxygens (including phenoxy) is 4. The molecule has 170 valence electrons. The highest BCUT2D eigenvalue weighted by Gasteiger charge is 2.62. The number of non-ortho nitro benzene ring substituents is 1. The van der Waals surface area contributed by atoms with Gasteiger partial charge in [-0.25, -0.2) is 14.5 Å². The summed E-state index contributed by atoms with van der Waals surface area (Å²) in [7, 11) is 1.51. The summed E-state index contributed by atoms with van der Waals surface area (Å²) in [6.45, 7) is 3.64.